The molecule has 140 valence electrons. The molecule has 0 aliphatic carbocycles. The van der Waals surface area contributed by atoms with Crippen LogP contribution < -0.4 is 5.32 Å². The van der Waals surface area contributed by atoms with Gasteiger partial charge in [-0.05, 0) is 19.9 Å². The number of likely N-dealkylation sites (N-methyl/N-ethyl adjacent to an activating group) is 1. The minimum Gasteiger partial charge on any atom is -0.468 e. The van der Waals surface area contributed by atoms with Crippen LogP contribution in [-0.2, 0) is 28.6 Å². The van der Waals surface area contributed by atoms with Gasteiger partial charge in [-0.25, -0.2) is 0 Å². The van der Waals surface area contributed by atoms with Gasteiger partial charge in [-0.1, -0.05) is 13.8 Å². The van der Waals surface area contributed by atoms with Crippen molar-refractivity contribution in [3.8, 4) is 0 Å². The van der Waals surface area contributed by atoms with Gasteiger partial charge in [-0.2, -0.15) is 11.8 Å². The minimum atomic E-state index is -0.523. The molecule has 24 heavy (non-hydrogen) atoms. The third-order valence-corrected chi connectivity index (χ3v) is 4.24. The van der Waals surface area contributed by atoms with E-state index in [0.717, 1.165) is 0 Å². The summed E-state index contributed by atoms with van der Waals surface area (Å²) >= 11 is 1.43. The molecule has 0 saturated carbocycles. The first-order valence-electron chi connectivity index (χ1n) is 8.16. The Labute approximate surface area is 148 Å². The van der Waals surface area contributed by atoms with E-state index in [9.17, 15) is 14.4 Å². The normalized spacial score (nSPS) is 13.0. The van der Waals surface area contributed by atoms with Crippen molar-refractivity contribution in [3.63, 3.8) is 0 Å². The summed E-state index contributed by atoms with van der Waals surface area (Å²) in [4.78, 5) is 34.7. The predicted octanol–water partition coefficient (Wildman–Crippen LogP) is 1.54. The van der Waals surface area contributed by atoms with Crippen molar-refractivity contribution in [1.29, 1.82) is 0 Å². The van der Waals surface area contributed by atoms with E-state index in [2.05, 4.69) is 5.32 Å². The maximum Gasteiger partial charge on any atom is 0.323 e. The Bertz CT molecular complexity index is 391. The molecule has 0 bridgehead atoms. The Hall–Kier alpha value is -1.28. The first-order chi connectivity index (χ1) is 11.5. The molecule has 0 heterocycles. The fourth-order valence-corrected chi connectivity index (χ4v) is 2.86. The van der Waals surface area contributed by atoms with Crippen molar-refractivity contribution in [2.24, 2.45) is 0 Å². The number of hydrogen-bond acceptors (Lipinski definition) is 8. The molecule has 0 aliphatic rings. The third kappa shape index (κ3) is 10.5. The quantitative estimate of drug-likeness (QED) is 0.389. The van der Waals surface area contributed by atoms with E-state index in [1.807, 2.05) is 13.8 Å². The second kappa shape index (κ2) is 14.1. The maximum absolute atomic E-state index is 11.7. The number of rotatable bonds is 13. The van der Waals surface area contributed by atoms with E-state index in [1.54, 1.807) is 7.05 Å². The van der Waals surface area contributed by atoms with Gasteiger partial charge in [-0.3, -0.25) is 14.4 Å². The van der Waals surface area contributed by atoms with Gasteiger partial charge in [0.2, 0.25) is 0 Å². The second-order valence-electron chi connectivity index (χ2n) is 5.20. The number of ether oxygens (including phenoxy) is 3. The van der Waals surface area contributed by atoms with E-state index < -0.39 is 12.1 Å². The van der Waals surface area contributed by atoms with Gasteiger partial charge in [-0.15, -0.1) is 0 Å². The standard InChI is InChI=1S/C16H29NO6S/c1-5-7-14(18)22-9-12(23-15(19)8-6-2)10-24-11-13(17-3)16(20)21-4/h12-13,17H,5-11H2,1-4H3. The number of thioether (sulfide) groups is 1. The summed E-state index contributed by atoms with van der Waals surface area (Å²) in [6.07, 6.45) is 1.54. The number of nitrogens with one attached hydrogen (secondary N) is 1. The van der Waals surface area contributed by atoms with Crippen LogP contribution >= 0.6 is 11.8 Å². The first-order valence-corrected chi connectivity index (χ1v) is 9.31. The Morgan fingerprint density at radius 1 is 1.04 bits per heavy atom. The molecule has 0 aromatic rings. The molecule has 2 unspecified atom stereocenters. The highest BCUT2D eigenvalue weighted by atomic mass is 32.2. The number of carbonyl (C=O) groups excluding carboxylic acids is 3. The molecule has 0 spiro atoms. The van der Waals surface area contributed by atoms with Gasteiger partial charge >= 0.3 is 17.9 Å². The number of hydrogen-bond donors (Lipinski definition) is 1. The molecular formula is C16H29NO6S. The average Bonchev–Trinajstić information content (AvgIpc) is 2.56. The van der Waals surface area contributed by atoms with Crippen LogP contribution in [0.2, 0.25) is 0 Å². The smallest absolute Gasteiger partial charge is 0.323 e. The van der Waals surface area contributed by atoms with E-state index in [4.69, 9.17) is 14.2 Å². The molecular weight excluding hydrogens is 334 g/mol. The Morgan fingerprint density at radius 2 is 1.67 bits per heavy atom. The number of esters is 3. The largest absolute Gasteiger partial charge is 0.468 e. The summed E-state index contributed by atoms with van der Waals surface area (Å²) in [6.45, 7) is 3.81. The lowest BCUT2D eigenvalue weighted by Crippen LogP contribution is -2.38. The van der Waals surface area contributed by atoms with E-state index in [0.29, 0.717) is 37.2 Å². The molecule has 0 amide bonds. The fourth-order valence-electron chi connectivity index (χ4n) is 1.76. The summed E-state index contributed by atoms with van der Waals surface area (Å²) in [6, 6.07) is -0.436. The molecule has 0 radical (unpaired) electrons. The zero-order chi connectivity index (χ0) is 18.4. The first kappa shape index (κ1) is 22.7. The van der Waals surface area contributed by atoms with Crippen molar-refractivity contribution in [1.82, 2.24) is 5.32 Å². The van der Waals surface area contributed by atoms with Crippen LogP contribution in [0.4, 0.5) is 0 Å². The molecule has 0 aliphatic heterocycles. The number of methoxy groups -OCH3 is 1. The van der Waals surface area contributed by atoms with Gasteiger partial charge in [0, 0.05) is 24.3 Å². The van der Waals surface area contributed by atoms with Crippen molar-refractivity contribution < 1.29 is 28.6 Å². The van der Waals surface area contributed by atoms with E-state index in [-0.39, 0.29) is 24.5 Å². The van der Waals surface area contributed by atoms with E-state index in [1.165, 1.54) is 18.9 Å². The molecule has 0 rings (SSSR count). The Kier molecular flexibility index (Phi) is 13.3. The van der Waals surface area contributed by atoms with Crippen LogP contribution in [0.25, 0.3) is 0 Å². The molecule has 0 saturated heterocycles. The average molecular weight is 363 g/mol. The van der Waals surface area contributed by atoms with Crippen LogP contribution in [-0.4, -0.2) is 62.3 Å². The fraction of sp³-hybridized carbons (Fsp3) is 0.812. The van der Waals surface area contributed by atoms with Crippen molar-refractivity contribution in [2.75, 3.05) is 32.3 Å². The summed E-state index contributed by atoms with van der Waals surface area (Å²) in [5, 5.41) is 2.87. The molecule has 0 fully saturated rings. The van der Waals surface area contributed by atoms with Crippen LogP contribution in [0.1, 0.15) is 39.5 Å². The highest BCUT2D eigenvalue weighted by Crippen LogP contribution is 2.11. The second-order valence-corrected chi connectivity index (χ2v) is 6.27. The molecule has 2 atom stereocenters. The summed E-state index contributed by atoms with van der Waals surface area (Å²) < 4.78 is 15.2. The minimum absolute atomic E-state index is 0.0315. The lowest BCUT2D eigenvalue weighted by atomic mass is 10.3. The van der Waals surface area contributed by atoms with Gasteiger partial charge in [0.25, 0.3) is 0 Å². The van der Waals surface area contributed by atoms with Crippen molar-refractivity contribution >= 4 is 29.7 Å². The van der Waals surface area contributed by atoms with Crippen molar-refractivity contribution in [3.05, 3.63) is 0 Å². The third-order valence-electron chi connectivity index (χ3n) is 3.06. The lowest BCUT2D eigenvalue weighted by Gasteiger charge is -2.19. The number of carbonyl (C=O) groups is 3. The molecule has 0 aromatic carbocycles. The van der Waals surface area contributed by atoms with Gasteiger partial charge in [0.1, 0.15) is 18.8 Å². The molecule has 7 nitrogen and oxygen atoms in total. The van der Waals surface area contributed by atoms with Gasteiger partial charge in [0.05, 0.1) is 7.11 Å². The molecule has 1 N–H and O–H groups in total. The predicted molar refractivity (Wildman–Crippen MR) is 92.8 cm³/mol. The summed E-state index contributed by atoms with van der Waals surface area (Å²) in [5.41, 5.74) is 0. The zero-order valence-electron chi connectivity index (χ0n) is 15.0. The maximum atomic E-state index is 11.7. The topological polar surface area (TPSA) is 90.9 Å². The SMILES string of the molecule is CCCC(=O)OCC(CSCC(NC)C(=O)OC)OC(=O)CCC. The van der Waals surface area contributed by atoms with Gasteiger partial charge < -0.3 is 19.5 Å². The Morgan fingerprint density at radius 3 is 2.21 bits per heavy atom. The lowest BCUT2D eigenvalue weighted by molar-refractivity contribution is -0.157. The highest BCUT2D eigenvalue weighted by molar-refractivity contribution is 7.99. The van der Waals surface area contributed by atoms with E-state index >= 15 is 0 Å². The zero-order valence-corrected chi connectivity index (χ0v) is 15.8. The monoisotopic (exact) mass is 363 g/mol. The van der Waals surface area contributed by atoms with Crippen LogP contribution in [0.5, 0.6) is 0 Å². The van der Waals surface area contributed by atoms with Crippen molar-refractivity contribution in [2.45, 2.75) is 51.7 Å². The van der Waals surface area contributed by atoms with Crippen LogP contribution in [0, 0.1) is 0 Å². The van der Waals surface area contributed by atoms with Gasteiger partial charge in [0.15, 0.2) is 0 Å². The Balaban J connectivity index is 4.43. The molecule has 0 aromatic heterocycles. The summed E-state index contributed by atoms with van der Waals surface area (Å²) in [7, 11) is 3.01. The summed E-state index contributed by atoms with van der Waals surface area (Å²) in [5.74, 6) is -0.0637. The van der Waals surface area contributed by atoms with Crippen LogP contribution in [0.3, 0.4) is 0 Å². The molecule has 8 heteroatoms. The highest BCUT2D eigenvalue weighted by Gasteiger charge is 2.20. The van der Waals surface area contributed by atoms with Crippen LogP contribution in [0.15, 0.2) is 0 Å².